The first-order valence-electron chi connectivity index (χ1n) is 25.4. The summed E-state index contributed by atoms with van der Waals surface area (Å²) in [6.45, 7) is 3.26. The highest BCUT2D eigenvalue weighted by atomic mass is 31.2. The lowest BCUT2D eigenvalue weighted by Crippen LogP contribution is -2.64. The van der Waals surface area contributed by atoms with Gasteiger partial charge in [-0.1, -0.05) is 165 Å². The van der Waals surface area contributed by atoms with Crippen LogP contribution in [0.5, 0.6) is 0 Å². The van der Waals surface area contributed by atoms with Crippen LogP contribution in [0.2, 0.25) is 0 Å². The first-order chi connectivity index (χ1) is 31.4. The zero-order valence-electron chi connectivity index (χ0n) is 40.3. The van der Waals surface area contributed by atoms with Crippen LogP contribution < -0.4 is 0 Å². The maximum atomic E-state index is 12.8. The van der Waals surface area contributed by atoms with Gasteiger partial charge in [0.25, 0.3) is 0 Å². The van der Waals surface area contributed by atoms with Gasteiger partial charge < -0.3 is 39.9 Å². The summed E-state index contributed by atoms with van der Waals surface area (Å²) in [5.41, 5.74) is 0. The summed E-state index contributed by atoms with van der Waals surface area (Å²) in [5, 5.41) is 50.2. The van der Waals surface area contributed by atoms with Crippen molar-refractivity contribution in [1.29, 1.82) is 0 Å². The Labute approximate surface area is 392 Å². The summed E-state index contributed by atoms with van der Waals surface area (Å²) >= 11 is 0. The number of aliphatic hydroxyl groups excluding tert-OH is 5. The maximum Gasteiger partial charge on any atom is 0.472 e. The molecule has 378 valence electrons. The predicted molar refractivity (Wildman–Crippen MR) is 258 cm³/mol. The molecule has 1 saturated carbocycles. The van der Waals surface area contributed by atoms with Gasteiger partial charge in [0, 0.05) is 12.8 Å². The summed E-state index contributed by atoms with van der Waals surface area (Å²) in [6, 6.07) is 0. The van der Waals surface area contributed by atoms with E-state index in [1.807, 2.05) is 0 Å². The minimum atomic E-state index is -5.13. The van der Waals surface area contributed by atoms with Crippen LogP contribution in [0.1, 0.15) is 206 Å². The molecule has 0 aliphatic heterocycles. The fourth-order valence-corrected chi connectivity index (χ4v) is 8.50. The Morgan fingerprint density at radius 1 is 0.477 bits per heavy atom. The third-order valence-corrected chi connectivity index (χ3v) is 12.6. The lowest BCUT2D eigenvalue weighted by Gasteiger charge is -2.41. The van der Waals surface area contributed by atoms with Gasteiger partial charge >= 0.3 is 19.8 Å². The molecule has 6 unspecified atom stereocenters. The van der Waals surface area contributed by atoms with Gasteiger partial charge in [0.05, 0.1) is 6.61 Å². The minimum Gasteiger partial charge on any atom is -0.462 e. The maximum absolute atomic E-state index is 12.8. The van der Waals surface area contributed by atoms with Gasteiger partial charge in [-0.3, -0.25) is 18.6 Å². The molecule has 0 saturated heterocycles. The summed E-state index contributed by atoms with van der Waals surface area (Å²) in [5.74, 6) is -1.11. The van der Waals surface area contributed by atoms with Crippen LogP contribution in [0.25, 0.3) is 0 Å². The Kier molecular flexibility index (Phi) is 38.2. The fraction of sp³-hybridized carbons (Fsp3) is 0.804. The largest absolute Gasteiger partial charge is 0.472 e. The average molecular weight is 943 g/mol. The number of ether oxygens (including phenoxy) is 2. The Morgan fingerprint density at radius 3 is 1.25 bits per heavy atom. The van der Waals surface area contributed by atoms with Crippen molar-refractivity contribution in [2.24, 2.45) is 0 Å². The number of esters is 2. The lowest BCUT2D eigenvalue weighted by atomic mass is 9.85. The van der Waals surface area contributed by atoms with Gasteiger partial charge in [-0.2, -0.15) is 0 Å². The lowest BCUT2D eigenvalue weighted by molar-refractivity contribution is -0.220. The van der Waals surface area contributed by atoms with Crippen molar-refractivity contribution in [2.45, 2.75) is 249 Å². The van der Waals surface area contributed by atoms with E-state index < -0.39 is 75.7 Å². The van der Waals surface area contributed by atoms with Crippen molar-refractivity contribution in [1.82, 2.24) is 0 Å². The van der Waals surface area contributed by atoms with E-state index in [9.17, 15) is 44.6 Å². The van der Waals surface area contributed by atoms with Crippen LogP contribution in [0.3, 0.4) is 0 Å². The van der Waals surface area contributed by atoms with Gasteiger partial charge in [-0.05, 0) is 77.0 Å². The van der Waals surface area contributed by atoms with E-state index in [-0.39, 0.29) is 12.8 Å². The standard InChI is InChI=1S/C51H91O13P/c1-3-5-7-9-11-13-15-17-19-21-22-24-25-27-29-31-33-35-37-39-44(52)61-41-43(42-62-65(59,60)64-51-49(57)47(55)46(54)48(56)50(51)58)63-45(53)40-38-36-34-32-30-28-26-23-20-18-16-14-12-10-8-6-4-2/h11-14,17-20,43,46-51,54-58H,3-10,15-16,21-42H2,1-2H3,(H,59,60)/b13-11-,14-12-,19-17-,20-18-/t43-,46?,47-,48?,49?,50?,51?/m1/s1. The predicted octanol–water partition coefficient (Wildman–Crippen LogP) is 10.7. The number of hydrogen-bond donors (Lipinski definition) is 6. The number of aliphatic hydroxyl groups is 5. The number of phosphoric ester groups is 1. The average Bonchev–Trinajstić information content (AvgIpc) is 3.29. The van der Waals surface area contributed by atoms with Crippen LogP contribution in [0.4, 0.5) is 0 Å². The first-order valence-corrected chi connectivity index (χ1v) is 26.9. The SMILES string of the molecule is CCCCC/C=C\C/C=C\CCCCCCCCCCCC(=O)OC[C@H](COP(=O)(O)OC1C(O)C(O)C(O)[C@@H](O)C1O)OC(=O)CCCCCCCCC/C=C\C/C=C\CCCCC. The molecule has 1 aliphatic carbocycles. The molecule has 14 heteroatoms. The molecular weight excluding hydrogens is 852 g/mol. The Balaban J connectivity index is 2.41. The number of carbonyl (C=O) groups is 2. The summed E-state index contributed by atoms with van der Waals surface area (Å²) in [4.78, 5) is 35.8. The van der Waals surface area contributed by atoms with Crippen molar-refractivity contribution in [3.8, 4) is 0 Å². The minimum absolute atomic E-state index is 0.0862. The van der Waals surface area contributed by atoms with E-state index in [4.69, 9.17) is 18.5 Å². The second-order valence-electron chi connectivity index (χ2n) is 17.7. The zero-order chi connectivity index (χ0) is 47.8. The zero-order valence-corrected chi connectivity index (χ0v) is 41.2. The molecule has 8 atom stereocenters. The molecule has 65 heavy (non-hydrogen) atoms. The fourth-order valence-electron chi connectivity index (χ4n) is 7.52. The highest BCUT2D eigenvalue weighted by Crippen LogP contribution is 2.47. The van der Waals surface area contributed by atoms with Crippen LogP contribution in [0.15, 0.2) is 48.6 Å². The number of rotatable bonds is 42. The number of carbonyl (C=O) groups excluding carboxylic acids is 2. The van der Waals surface area contributed by atoms with E-state index in [1.165, 1.54) is 70.6 Å². The van der Waals surface area contributed by atoms with Gasteiger partial charge in [-0.15, -0.1) is 0 Å². The second-order valence-corrected chi connectivity index (χ2v) is 19.1. The van der Waals surface area contributed by atoms with Gasteiger partial charge in [-0.25, -0.2) is 4.57 Å². The molecule has 0 amide bonds. The molecule has 13 nitrogen and oxygen atoms in total. The van der Waals surface area contributed by atoms with E-state index in [2.05, 4.69) is 62.5 Å². The quantitative estimate of drug-likeness (QED) is 0.0146. The molecule has 0 radical (unpaired) electrons. The van der Waals surface area contributed by atoms with E-state index in [1.54, 1.807) is 0 Å². The summed E-state index contributed by atoms with van der Waals surface area (Å²) < 4.78 is 33.6. The molecule has 0 aromatic heterocycles. The Hall–Kier alpha value is -2.19. The molecule has 0 bridgehead atoms. The number of allylic oxidation sites excluding steroid dienone is 8. The molecule has 0 spiro atoms. The van der Waals surface area contributed by atoms with Crippen LogP contribution in [0, 0.1) is 0 Å². The molecule has 0 aromatic carbocycles. The van der Waals surface area contributed by atoms with Crippen LogP contribution in [-0.2, 0) is 32.7 Å². The van der Waals surface area contributed by atoms with E-state index in [0.717, 1.165) is 96.3 Å². The second kappa shape index (κ2) is 40.8. The van der Waals surface area contributed by atoms with E-state index in [0.29, 0.717) is 12.8 Å². The summed E-state index contributed by atoms with van der Waals surface area (Å²) in [7, 11) is -5.13. The molecular formula is C51H91O13P. The van der Waals surface area contributed by atoms with Crippen molar-refractivity contribution in [3.05, 3.63) is 48.6 Å². The number of unbranched alkanes of at least 4 members (excludes halogenated alkanes) is 22. The molecule has 1 aliphatic rings. The Bertz CT molecular complexity index is 1320. The molecule has 1 rings (SSSR count). The van der Waals surface area contributed by atoms with Crippen LogP contribution in [-0.4, -0.2) is 98.3 Å². The van der Waals surface area contributed by atoms with Crippen molar-refractivity contribution in [3.63, 3.8) is 0 Å². The molecule has 0 aromatic rings. The van der Waals surface area contributed by atoms with Gasteiger partial charge in [0.15, 0.2) is 6.10 Å². The number of hydrogen-bond acceptors (Lipinski definition) is 12. The number of phosphoric acid groups is 1. The molecule has 1 fully saturated rings. The van der Waals surface area contributed by atoms with Gasteiger partial charge in [0.1, 0.15) is 43.2 Å². The Morgan fingerprint density at radius 2 is 0.831 bits per heavy atom. The highest BCUT2D eigenvalue weighted by Gasteiger charge is 2.51. The molecule has 6 N–H and O–H groups in total. The summed E-state index contributed by atoms with van der Waals surface area (Å²) in [6.07, 6.45) is 35.8. The normalized spacial score (nSPS) is 21.8. The monoisotopic (exact) mass is 943 g/mol. The molecule has 0 heterocycles. The van der Waals surface area contributed by atoms with Gasteiger partial charge in [0.2, 0.25) is 0 Å². The first kappa shape index (κ1) is 60.8. The van der Waals surface area contributed by atoms with Crippen molar-refractivity contribution in [2.75, 3.05) is 13.2 Å². The highest BCUT2D eigenvalue weighted by molar-refractivity contribution is 7.47. The van der Waals surface area contributed by atoms with Crippen LogP contribution >= 0.6 is 7.82 Å². The van der Waals surface area contributed by atoms with Crippen molar-refractivity contribution < 1.29 is 63.1 Å². The third-order valence-electron chi connectivity index (χ3n) is 11.6. The van der Waals surface area contributed by atoms with E-state index >= 15 is 0 Å². The topological polar surface area (TPSA) is 210 Å². The smallest absolute Gasteiger partial charge is 0.462 e. The van der Waals surface area contributed by atoms with Crippen molar-refractivity contribution >= 4 is 19.8 Å². The third kappa shape index (κ3) is 33.0.